The number of anilines is 2. The first-order valence-corrected chi connectivity index (χ1v) is 11.7. The van der Waals surface area contributed by atoms with Crippen molar-refractivity contribution in [3.63, 3.8) is 0 Å². The lowest BCUT2D eigenvalue weighted by molar-refractivity contribution is 0.0786. The second kappa shape index (κ2) is 8.71. The van der Waals surface area contributed by atoms with Crippen molar-refractivity contribution >= 4 is 35.1 Å². The first kappa shape index (κ1) is 22.6. The number of nitrogens with zero attached hydrogens (tertiary/aromatic N) is 3. The Bertz CT molecular complexity index is 968. The van der Waals surface area contributed by atoms with Crippen molar-refractivity contribution in [3.05, 3.63) is 46.9 Å². The van der Waals surface area contributed by atoms with Gasteiger partial charge in [0.25, 0.3) is 0 Å². The number of halogens is 4. The zero-order chi connectivity index (χ0) is 22.3. The Labute approximate surface area is 190 Å². The van der Waals surface area contributed by atoms with Gasteiger partial charge in [-0.05, 0) is 64.1 Å². The Morgan fingerprint density at radius 3 is 2.58 bits per heavy atom. The number of likely N-dealkylation sites (tertiary alicyclic amines) is 1. The molecule has 2 fully saturated rings. The van der Waals surface area contributed by atoms with Gasteiger partial charge in [-0.15, -0.1) is 0 Å². The van der Waals surface area contributed by atoms with Gasteiger partial charge in [0.1, 0.15) is 21.6 Å². The molecule has 0 aliphatic carbocycles. The Hall–Kier alpha value is -1.64. The van der Waals surface area contributed by atoms with Crippen LogP contribution in [0.3, 0.4) is 0 Å². The molecule has 4 nitrogen and oxygen atoms in total. The molecule has 4 rings (SSSR count). The lowest BCUT2D eigenvalue weighted by Gasteiger charge is -2.41. The molecule has 9 heteroatoms. The fourth-order valence-electron chi connectivity index (χ4n) is 5.08. The van der Waals surface area contributed by atoms with Gasteiger partial charge in [0.05, 0.1) is 5.69 Å². The van der Waals surface area contributed by atoms with E-state index in [0.29, 0.717) is 42.8 Å². The van der Waals surface area contributed by atoms with Gasteiger partial charge in [0, 0.05) is 36.8 Å². The van der Waals surface area contributed by atoms with E-state index in [1.165, 1.54) is 37.1 Å². The van der Waals surface area contributed by atoms with Gasteiger partial charge in [-0.1, -0.05) is 17.7 Å². The topological polar surface area (TPSA) is 31.4 Å². The van der Waals surface area contributed by atoms with Crippen LogP contribution < -0.4 is 9.62 Å². The second-order valence-corrected chi connectivity index (χ2v) is 9.93. The molecule has 3 atom stereocenters. The number of nitrogens with one attached hydrogen (secondary N) is 1. The van der Waals surface area contributed by atoms with Crippen molar-refractivity contribution in [2.75, 3.05) is 22.7 Å². The normalized spacial score (nSPS) is 26.6. The number of hydrogen-bond acceptors (Lipinski definition) is 5. The predicted molar refractivity (Wildman–Crippen MR) is 120 cm³/mol. The summed E-state index contributed by atoms with van der Waals surface area (Å²) in [7, 11) is 0. The van der Waals surface area contributed by atoms with Crippen LogP contribution in [-0.4, -0.2) is 40.6 Å². The summed E-state index contributed by atoms with van der Waals surface area (Å²) in [5, 5.41) is -0.107. The molecule has 2 aliphatic heterocycles. The summed E-state index contributed by atoms with van der Waals surface area (Å²) < 4.78 is 45.8. The van der Waals surface area contributed by atoms with E-state index in [1.54, 1.807) is 0 Å². The van der Waals surface area contributed by atoms with Crippen LogP contribution in [0.15, 0.2) is 29.2 Å². The standard InChI is InChI=1S/C22H26ClF3N4S/c1-13-7-8-14(2)30(13)22(3)9-10-29(12-22)16-11-15(24)21(20(26)19(16)23)31-28-18-6-4-5-17(25)27-18/h4-6,11,13-14H,7-10,12H2,1-3H3,(H,27,28). The van der Waals surface area contributed by atoms with Crippen LogP contribution in [0.1, 0.15) is 40.0 Å². The lowest BCUT2D eigenvalue weighted by atomic mass is 9.97. The minimum Gasteiger partial charge on any atom is -0.368 e. The van der Waals surface area contributed by atoms with E-state index in [2.05, 4.69) is 35.4 Å². The highest BCUT2D eigenvalue weighted by atomic mass is 35.5. The number of benzene rings is 1. The molecule has 2 saturated heterocycles. The van der Waals surface area contributed by atoms with Crippen LogP contribution in [0.5, 0.6) is 0 Å². The third-order valence-corrected chi connectivity index (χ3v) is 7.69. The third-order valence-electron chi connectivity index (χ3n) is 6.44. The molecule has 31 heavy (non-hydrogen) atoms. The SMILES string of the molecule is CC1CCC(C)N1C1(C)CCN(c2cc(F)c(SNc3cccc(F)n3)c(F)c2Cl)C1. The van der Waals surface area contributed by atoms with Crippen molar-refractivity contribution in [1.82, 2.24) is 9.88 Å². The average molecular weight is 471 g/mol. The summed E-state index contributed by atoms with van der Waals surface area (Å²) in [5.41, 5.74) is 0.303. The number of aromatic nitrogens is 1. The molecule has 1 aromatic carbocycles. The van der Waals surface area contributed by atoms with Crippen LogP contribution in [0.2, 0.25) is 5.02 Å². The molecule has 0 bridgehead atoms. The van der Waals surface area contributed by atoms with Crippen molar-refractivity contribution in [2.24, 2.45) is 0 Å². The summed E-state index contributed by atoms with van der Waals surface area (Å²) in [5.74, 6) is -2.07. The largest absolute Gasteiger partial charge is 0.368 e. The van der Waals surface area contributed by atoms with Crippen molar-refractivity contribution in [1.29, 1.82) is 0 Å². The van der Waals surface area contributed by atoms with Gasteiger partial charge >= 0.3 is 0 Å². The maximum Gasteiger partial charge on any atom is 0.214 e. The monoisotopic (exact) mass is 470 g/mol. The second-order valence-electron chi connectivity index (χ2n) is 8.74. The summed E-state index contributed by atoms with van der Waals surface area (Å²) >= 11 is 7.04. The van der Waals surface area contributed by atoms with Crippen LogP contribution in [0.25, 0.3) is 0 Å². The highest BCUT2D eigenvalue weighted by Gasteiger charge is 2.45. The third kappa shape index (κ3) is 4.34. The molecule has 3 heterocycles. The van der Waals surface area contributed by atoms with Gasteiger partial charge in [-0.25, -0.2) is 13.8 Å². The van der Waals surface area contributed by atoms with Gasteiger partial charge in [-0.3, -0.25) is 4.90 Å². The minimum atomic E-state index is -0.831. The van der Waals surface area contributed by atoms with Crippen LogP contribution >= 0.6 is 23.5 Å². The van der Waals surface area contributed by atoms with E-state index in [-0.39, 0.29) is 21.3 Å². The maximum atomic E-state index is 15.0. The van der Waals surface area contributed by atoms with Crippen LogP contribution in [-0.2, 0) is 0 Å². The molecule has 1 aromatic heterocycles. The van der Waals surface area contributed by atoms with Gasteiger partial charge < -0.3 is 9.62 Å². The molecule has 2 aliphatic rings. The molecule has 0 saturated carbocycles. The average Bonchev–Trinajstić information content (AvgIpc) is 3.27. The van der Waals surface area contributed by atoms with Crippen molar-refractivity contribution in [3.8, 4) is 0 Å². The quantitative estimate of drug-likeness (QED) is 0.323. The number of hydrogen-bond donors (Lipinski definition) is 1. The summed E-state index contributed by atoms with van der Waals surface area (Å²) in [4.78, 5) is 7.88. The maximum absolute atomic E-state index is 15.0. The predicted octanol–water partition coefficient (Wildman–Crippen LogP) is 6.11. The summed E-state index contributed by atoms with van der Waals surface area (Å²) in [6.07, 6.45) is 3.24. The first-order chi connectivity index (χ1) is 14.7. The molecule has 168 valence electrons. The zero-order valence-electron chi connectivity index (χ0n) is 17.8. The molecule has 3 unspecified atom stereocenters. The molecular formula is C22H26ClF3N4S. The molecule has 0 spiro atoms. The summed E-state index contributed by atoms with van der Waals surface area (Å²) in [6, 6.07) is 6.43. The van der Waals surface area contributed by atoms with Crippen molar-refractivity contribution in [2.45, 2.75) is 62.6 Å². The van der Waals surface area contributed by atoms with Crippen LogP contribution in [0, 0.1) is 17.6 Å². The van der Waals surface area contributed by atoms with E-state index >= 15 is 4.39 Å². The van der Waals surface area contributed by atoms with Gasteiger partial charge in [0.15, 0.2) is 5.82 Å². The van der Waals surface area contributed by atoms with Crippen molar-refractivity contribution < 1.29 is 13.2 Å². The Morgan fingerprint density at radius 2 is 1.90 bits per heavy atom. The molecule has 0 radical (unpaired) electrons. The summed E-state index contributed by atoms with van der Waals surface area (Å²) in [6.45, 7) is 8.07. The molecular weight excluding hydrogens is 445 g/mol. The molecule has 0 amide bonds. The minimum absolute atomic E-state index is 0.0658. The van der Waals surface area contributed by atoms with Gasteiger partial charge in [0.2, 0.25) is 5.95 Å². The lowest BCUT2D eigenvalue weighted by Crippen LogP contribution is -2.52. The van der Waals surface area contributed by atoms with E-state index in [4.69, 9.17) is 11.6 Å². The highest BCUT2D eigenvalue weighted by Crippen LogP contribution is 2.42. The van der Waals surface area contributed by atoms with E-state index < -0.39 is 17.6 Å². The number of rotatable bonds is 5. The Morgan fingerprint density at radius 1 is 1.19 bits per heavy atom. The van der Waals surface area contributed by atoms with E-state index in [1.807, 2.05) is 4.90 Å². The fraction of sp³-hybridized carbons (Fsp3) is 0.500. The number of pyridine rings is 1. The molecule has 2 aromatic rings. The van der Waals surface area contributed by atoms with E-state index in [0.717, 1.165) is 6.42 Å². The first-order valence-electron chi connectivity index (χ1n) is 10.5. The zero-order valence-corrected chi connectivity index (χ0v) is 19.3. The molecule has 1 N–H and O–H groups in total. The van der Waals surface area contributed by atoms with Crippen LogP contribution in [0.4, 0.5) is 24.7 Å². The van der Waals surface area contributed by atoms with E-state index in [9.17, 15) is 8.78 Å². The smallest absolute Gasteiger partial charge is 0.214 e. The Kier molecular flexibility index (Phi) is 6.34. The highest BCUT2D eigenvalue weighted by molar-refractivity contribution is 8.00. The van der Waals surface area contributed by atoms with Gasteiger partial charge in [-0.2, -0.15) is 4.39 Å². The fourth-order valence-corrected chi connectivity index (χ4v) is 6.07. The Balaban J connectivity index is 1.54.